The molecule has 0 radical (unpaired) electrons. The quantitative estimate of drug-likeness (QED) is 0.802. The van der Waals surface area contributed by atoms with Crippen molar-refractivity contribution in [3.05, 3.63) is 29.3 Å². The van der Waals surface area contributed by atoms with Gasteiger partial charge in [0, 0.05) is 17.6 Å². The molecule has 0 amide bonds. The van der Waals surface area contributed by atoms with Gasteiger partial charge in [-0.1, -0.05) is 17.7 Å². The van der Waals surface area contributed by atoms with Crippen molar-refractivity contribution in [3.8, 4) is 5.75 Å². The highest BCUT2D eigenvalue weighted by atomic mass is 16.5. The maximum absolute atomic E-state index is 6.15. The largest absolute Gasteiger partial charge is 0.496 e. The van der Waals surface area contributed by atoms with Crippen LogP contribution in [0.15, 0.2) is 18.2 Å². The SMILES string of the molecule is COc1ccc(C)cc1C(N)CCC(C)N. The van der Waals surface area contributed by atoms with E-state index in [1.165, 1.54) is 5.56 Å². The molecule has 16 heavy (non-hydrogen) atoms. The van der Waals surface area contributed by atoms with Crippen LogP contribution in [0.4, 0.5) is 0 Å². The molecule has 0 aliphatic heterocycles. The number of rotatable bonds is 5. The normalized spacial score (nSPS) is 14.6. The molecule has 0 aliphatic rings. The topological polar surface area (TPSA) is 61.3 Å². The van der Waals surface area contributed by atoms with Gasteiger partial charge in [0.15, 0.2) is 0 Å². The number of hydrogen-bond donors (Lipinski definition) is 2. The molecule has 2 atom stereocenters. The van der Waals surface area contributed by atoms with Crippen molar-refractivity contribution in [1.82, 2.24) is 0 Å². The summed E-state index contributed by atoms with van der Waals surface area (Å²) in [5.41, 5.74) is 14.2. The van der Waals surface area contributed by atoms with Gasteiger partial charge < -0.3 is 16.2 Å². The fourth-order valence-corrected chi connectivity index (χ4v) is 1.74. The molecule has 0 heterocycles. The third-order valence-electron chi connectivity index (χ3n) is 2.72. The zero-order valence-electron chi connectivity index (χ0n) is 10.4. The Morgan fingerprint density at radius 2 is 1.94 bits per heavy atom. The van der Waals surface area contributed by atoms with Crippen LogP contribution in [0.5, 0.6) is 5.75 Å². The second-order valence-electron chi connectivity index (χ2n) is 4.41. The van der Waals surface area contributed by atoms with Gasteiger partial charge in [0.05, 0.1) is 7.11 Å². The van der Waals surface area contributed by atoms with Gasteiger partial charge in [-0.2, -0.15) is 0 Å². The van der Waals surface area contributed by atoms with E-state index < -0.39 is 0 Å². The number of aryl methyl sites for hydroxylation is 1. The summed E-state index contributed by atoms with van der Waals surface area (Å²) in [6.45, 7) is 4.06. The van der Waals surface area contributed by atoms with Crippen molar-refractivity contribution < 1.29 is 4.74 Å². The maximum Gasteiger partial charge on any atom is 0.123 e. The third-order valence-corrected chi connectivity index (χ3v) is 2.72. The Morgan fingerprint density at radius 3 is 2.50 bits per heavy atom. The first-order valence-corrected chi connectivity index (χ1v) is 5.70. The molecule has 0 saturated heterocycles. The van der Waals surface area contributed by atoms with E-state index in [4.69, 9.17) is 16.2 Å². The number of hydrogen-bond acceptors (Lipinski definition) is 3. The zero-order chi connectivity index (χ0) is 12.1. The number of methoxy groups -OCH3 is 1. The second kappa shape index (κ2) is 5.87. The van der Waals surface area contributed by atoms with Crippen LogP contribution in [0, 0.1) is 6.92 Å². The van der Waals surface area contributed by atoms with Crippen LogP contribution >= 0.6 is 0 Å². The molecule has 0 aromatic heterocycles. The molecule has 0 aliphatic carbocycles. The summed E-state index contributed by atoms with van der Waals surface area (Å²) in [5, 5.41) is 0. The zero-order valence-corrected chi connectivity index (χ0v) is 10.4. The smallest absolute Gasteiger partial charge is 0.123 e. The minimum atomic E-state index is 0.000787. The average molecular weight is 222 g/mol. The Morgan fingerprint density at radius 1 is 1.25 bits per heavy atom. The molecule has 0 bridgehead atoms. The van der Waals surface area contributed by atoms with E-state index in [0.29, 0.717) is 0 Å². The van der Waals surface area contributed by atoms with Gasteiger partial charge in [0.2, 0.25) is 0 Å². The Kier molecular flexibility index (Phi) is 4.77. The molecular weight excluding hydrogens is 200 g/mol. The van der Waals surface area contributed by atoms with Crippen molar-refractivity contribution in [1.29, 1.82) is 0 Å². The molecule has 90 valence electrons. The van der Waals surface area contributed by atoms with Gasteiger partial charge in [-0.05, 0) is 32.8 Å². The third kappa shape index (κ3) is 3.51. The molecule has 3 heteroatoms. The number of benzene rings is 1. The Hall–Kier alpha value is -1.06. The predicted molar refractivity (Wildman–Crippen MR) is 67.5 cm³/mol. The molecule has 0 saturated carbocycles. The van der Waals surface area contributed by atoms with Crippen LogP contribution in [0.2, 0.25) is 0 Å². The lowest BCUT2D eigenvalue weighted by atomic mass is 9.98. The van der Waals surface area contributed by atoms with Crippen molar-refractivity contribution in [2.75, 3.05) is 7.11 Å². The summed E-state index contributed by atoms with van der Waals surface area (Å²) in [6.07, 6.45) is 1.82. The Balaban J connectivity index is 2.80. The summed E-state index contributed by atoms with van der Waals surface area (Å²) < 4.78 is 5.32. The monoisotopic (exact) mass is 222 g/mol. The number of ether oxygens (including phenoxy) is 1. The van der Waals surface area contributed by atoms with Crippen LogP contribution in [0.3, 0.4) is 0 Å². The van der Waals surface area contributed by atoms with E-state index >= 15 is 0 Å². The summed E-state index contributed by atoms with van der Waals surface area (Å²) in [5.74, 6) is 0.864. The highest BCUT2D eigenvalue weighted by Crippen LogP contribution is 2.27. The number of nitrogens with two attached hydrogens (primary N) is 2. The van der Waals surface area contributed by atoms with Crippen LogP contribution in [-0.4, -0.2) is 13.2 Å². The van der Waals surface area contributed by atoms with Crippen LogP contribution in [0.1, 0.15) is 36.9 Å². The van der Waals surface area contributed by atoms with Crippen LogP contribution < -0.4 is 16.2 Å². The lowest BCUT2D eigenvalue weighted by molar-refractivity contribution is 0.402. The van der Waals surface area contributed by atoms with Crippen LogP contribution in [0.25, 0.3) is 0 Å². The van der Waals surface area contributed by atoms with Gasteiger partial charge in [-0.15, -0.1) is 0 Å². The van der Waals surface area contributed by atoms with Crippen molar-refractivity contribution in [3.63, 3.8) is 0 Å². The highest BCUT2D eigenvalue weighted by Gasteiger charge is 2.12. The summed E-state index contributed by atoms with van der Waals surface area (Å²) in [4.78, 5) is 0. The molecule has 0 fully saturated rings. The lowest BCUT2D eigenvalue weighted by Gasteiger charge is -2.17. The van der Waals surface area contributed by atoms with E-state index in [1.54, 1.807) is 7.11 Å². The van der Waals surface area contributed by atoms with Gasteiger partial charge >= 0.3 is 0 Å². The Labute approximate surface area is 97.8 Å². The molecule has 1 rings (SSSR count). The standard InChI is InChI=1S/C13H22N2O/c1-9-4-7-13(16-3)11(8-9)12(15)6-5-10(2)14/h4,7-8,10,12H,5-6,14-15H2,1-3H3. The molecule has 0 spiro atoms. The predicted octanol–water partition coefficient (Wildman–Crippen LogP) is 2.13. The van der Waals surface area contributed by atoms with E-state index in [1.807, 2.05) is 19.1 Å². The molecule has 2 unspecified atom stereocenters. The van der Waals surface area contributed by atoms with Gasteiger partial charge in [-0.3, -0.25) is 0 Å². The summed E-state index contributed by atoms with van der Waals surface area (Å²) >= 11 is 0. The van der Waals surface area contributed by atoms with E-state index in [-0.39, 0.29) is 12.1 Å². The molecular formula is C13H22N2O. The fourth-order valence-electron chi connectivity index (χ4n) is 1.74. The van der Waals surface area contributed by atoms with Crippen molar-refractivity contribution >= 4 is 0 Å². The summed E-state index contributed by atoms with van der Waals surface area (Å²) in [7, 11) is 1.67. The van der Waals surface area contributed by atoms with Crippen molar-refractivity contribution in [2.45, 2.75) is 38.8 Å². The van der Waals surface area contributed by atoms with Crippen molar-refractivity contribution in [2.24, 2.45) is 11.5 Å². The lowest BCUT2D eigenvalue weighted by Crippen LogP contribution is -2.19. The van der Waals surface area contributed by atoms with Crippen LogP contribution in [-0.2, 0) is 0 Å². The van der Waals surface area contributed by atoms with Gasteiger partial charge in [0.25, 0.3) is 0 Å². The van der Waals surface area contributed by atoms with E-state index in [0.717, 1.165) is 24.2 Å². The minimum absolute atomic E-state index is 0.000787. The summed E-state index contributed by atoms with van der Waals surface area (Å²) in [6, 6.07) is 6.28. The minimum Gasteiger partial charge on any atom is -0.496 e. The first-order chi connectivity index (χ1) is 7.54. The first-order valence-electron chi connectivity index (χ1n) is 5.70. The van der Waals surface area contributed by atoms with Gasteiger partial charge in [-0.25, -0.2) is 0 Å². The van der Waals surface area contributed by atoms with E-state index in [2.05, 4.69) is 13.0 Å². The molecule has 1 aromatic rings. The molecule has 3 nitrogen and oxygen atoms in total. The van der Waals surface area contributed by atoms with E-state index in [9.17, 15) is 0 Å². The molecule has 4 N–H and O–H groups in total. The fraction of sp³-hybridized carbons (Fsp3) is 0.538. The van der Waals surface area contributed by atoms with Gasteiger partial charge in [0.1, 0.15) is 5.75 Å². The Bertz CT molecular complexity index is 337. The highest BCUT2D eigenvalue weighted by molar-refractivity contribution is 5.38. The maximum atomic E-state index is 6.15. The first kappa shape index (κ1) is 13.0. The molecule has 1 aromatic carbocycles. The average Bonchev–Trinajstić information content (AvgIpc) is 2.25. The second-order valence-corrected chi connectivity index (χ2v) is 4.41.